The molecule has 0 aromatic carbocycles. The van der Waals surface area contributed by atoms with Gasteiger partial charge in [-0.15, -0.1) is 0 Å². The monoisotopic (exact) mass is 301 g/mol. The molecule has 0 amide bonds. The van der Waals surface area contributed by atoms with E-state index in [0.29, 0.717) is 19.1 Å². The average Bonchev–Trinajstić information content (AvgIpc) is 2.95. The van der Waals surface area contributed by atoms with Gasteiger partial charge in [0.05, 0.1) is 18.5 Å². The maximum Gasteiger partial charge on any atom is 0.208 e. The number of nitrogens with zero attached hydrogens (tertiary/aromatic N) is 3. The second kappa shape index (κ2) is 6.24. The predicted molar refractivity (Wildman–Crippen MR) is 77.3 cm³/mol. The summed E-state index contributed by atoms with van der Waals surface area (Å²) in [6.45, 7) is 5.07. The summed E-state index contributed by atoms with van der Waals surface area (Å²) in [5, 5.41) is 0. The Kier molecular flexibility index (Phi) is 4.82. The van der Waals surface area contributed by atoms with E-state index in [4.69, 9.17) is 4.42 Å². The zero-order valence-electron chi connectivity index (χ0n) is 12.4. The van der Waals surface area contributed by atoms with Gasteiger partial charge < -0.3 is 9.32 Å². The van der Waals surface area contributed by atoms with Crippen molar-refractivity contribution in [3.63, 3.8) is 0 Å². The molecule has 114 valence electrons. The lowest BCUT2D eigenvalue weighted by atomic mass is 10.2. The second-order valence-electron chi connectivity index (χ2n) is 5.65. The highest BCUT2D eigenvalue weighted by atomic mass is 32.2. The number of sulfone groups is 1. The van der Waals surface area contributed by atoms with Crippen molar-refractivity contribution >= 4 is 9.84 Å². The van der Waals surface area contributed by atoms with Crippen LogP contribution in [0.3, 0.4) is 0 Å². The molecule has 1 aliphatic rings. The summed E-state index contributed by atoms with van der Waals surface area (Å²) in [5.41, 5.74) is 0. The predicted octanol–water partition coefficient (Wildman–Crippen LogP) is 0.534. The Morgan fingerprint density at radius 2 is 2.30 bits per heavy atom. The minimum Gasteiger partial charge on any atom is -0.445 e. The third-order valence-electron chi connectivity index (χ3n) is 3.70. The van der Waals surface area contributed by atoms with Crippen LogP contribution in [0.4, 0.5) is 0 Å². The molecule has 20 heavy (non-hydrogen) atoms. The van der Waals surface area contributed by atoms with Crippen molar-refractivity contribution in [1.29, 1.82) is 0 Å². The van der Waals surface area contributed by atoms with E-state index in [1.54, 1.807) is 6.20 Å². The molecule has 0 aliphatic carbocycles. The Labute approximate surface area is 120 Å². The summed E-state index contributed by atoms with van der Waals surface area (Å²) < 4.78 is 27.9. The van der Waals surface area contributed by atoms with Gasteiger partial charge in [-0.2, -0.15) is 0 Å². The molecule has 0 bridgehead atoms. The number of hydrogen-bond acceptors (Lipinski definition) is 6. The molecule has 1 fully saturated rings. The second-order valence-corrected chi connectivity index (χ2v) is 7.91. The number of rotatable bonds is 6. The first-order chi connectivity index (χ1) is 9.33. The van der Waals surface area contributed by atoms with Gasteiger partial charge in [0.15, 0.2) is 0 Å². The highest BCUT2D eigenvalue weighted by Gasteiger charge is 2.26. The molecule has 0 radical (unpaired) electrons. The Morgan fingerprint density at radius 1 is 1.55 bits per heavy atom. The minimum absolute atomic E-state index is 0.238. The lowest BCUT2D eigenvalue weighted by molar-refractivity contribution is 0.208. The number of likely N-dealkylation sites (N-methyl/N-ethyl adjacent to an activating group) is 1. The fraction of sp³-hybridized carbons (Fsp3) is 0.769. The van der Waals surface area contributed by atoms with Crippen LogP contribution in [0.25, 0.3) is 0 Å². The van der Waals surface area contributed by atoms with Crippen LogP contribution < -0.4 is 0 Å². The molecular weight excluding hydrogens is 278 g/mol. The van der Waals surface area contributed by atoms with Crippen LogP contribution in [0.5, 0.6) is 0 Å². The summed E-state index contributed by atoms with van der Waals surface area (Å²) in [7, 11) is -0.816. The number of oxazole rings is 1. The first kappa shape index (κ1) is 15.5. The Hall–Kier alpha value is -0.920. The molecule has 6 nitrogen and oxygen atoms in total. The van der Waals surface area contributed by atoms with Crippen molar-refractivity contribution in [2.24, 2.45) is 0 Å². The van der Waals surface area contributed by atoms with Gasteiger partial charge in [-0.1, -0.05) is 0 Å². The first-order valence-electron chi connectivity index (χ1n) is 6.85. The highest BCUT2D eigenvalue weighted by molar-refractivity contribution is 7.90. The molecule has 1 aliphatic heterocycles. The Balaban J connectivity index is 1.80. The lowest BCUT2D eigenvalue weighted by Crippen LogP contribution is -2.35. The first-order valence-corrected chi connectivity index (χ1v) is 8.91. The highest BCUT2D eigenvalue weighted by Crippen LogP contribution is 2.16. The number of aryl methyl sites for hydroxylation is 1. The van der Waals surface area contributed by atoms with E-state index < -0.39 is 9.84 Å². The van der Waals surface area contributed by atoms with Crippen LogP contribution in [0.1, 0.15) is 18.1 Å². The van der Waals surface area contributed by atoms with Crippen molar-refractivity contribution < 1.29 is 12.8 Å². The van der Waals surface area contributed by atoms with Crippen LogP contribution in [-0.4, -0.2) is 67.9 Å². The SMILES string of the molecule is Cc1cnc(CN(C)[C@@H]2CCN(CCS(C)(=O)=O)C2)o1. The number of aromatic nitrogens is 1. The number of likely N-dealkylation sites (tertiary alicyclic amines) is 1. The van der Waals surface area contributed by atoms with Crippen molar-refractivity contribution in [3.05, 3.63) is 17.8 Å². The standard InChI is InChI=1S/C13H23N3O3S/c1-11-8-14-13(19-11)10-15(2)12-4-5-16(9-12)6-7-20(3,17)18/h8,12H,4-7,9-10H2,1-3H3/t12-/m1/s1. The summed E-state index contributed by atoms with van der Waals surface area (Å²) in [6.07, 6.45) is 4.08. The normalized spacial score (nSPS) is 20.9. The Morgan fingerprint density at radius 3 is 2.90 bits per heavy atom. The van der Waals surface area contributed by atoms with E-state index in [2.05, 4.69) is 21.8 Å². The van der Waals surface area contributed by atoms with E-state index in [-0.39, 0.29) is 5.75 Å². The van der Waals surface area contributed by atoms with Gasteiger partial charge in [-0.25, -0.2) is 13.4 Å². The summed E-state index contributed by atoms with van der Waals surface area (Å²) in [4.78, 5) is 8.65. The summed E-state index contributed by atoms with van der Waals surface area (Å²) in [6, 6.07) is 0.432. The zero-order chi connectivity index (χ0) is 14.8. The lowest BCUT2D eigenvalue weighted by Gasteiger charge is -2.23. The van der Waals surface area contributed by atoms with E-state index in [0.717, 1.165) is 31.2 Å². The quantitative estimate of drug-likeness (QED) is 0.764. The molecule has 0 unspecified atom stereocenters. The fourth-order valence-electron chi connectivity index (χ4n) is 2.49. The van der Waals surface area contributed by atoms with Gasteiger partial charge >= 0.3 is 0 Å². The largest absolute Gasteiger partial charge is 0.445 e. The third kappa shape index (κ3) is 4.57. The van der Waals surface area contributed by atoms with Crippen molar-refractivity contribution in [2.75, 3.05) is 38.7 Å². The molecule has 7 heteroatoms. The van der Waals surface area contributed by atoms with Crippen LogP contribution in [0.15, 0.2) is 10.6 Å². The van der Waals surface area contributed by atoms with Crippen LogP contribution in [-0.2, 0) is 16.4 Å². The zero-order valence-corrected chi connectivity index (χ0v) is 13.2. The van der Waals surface area contributed by atoms with E-state index in [1.165, 1.54) is 6.26 Å². The van der Waals surface area contributed by atoms with E-state index in [9.17, 15) is 8.42 Å². The van der Waals surface area contributed by atoms with Gasteiger partial charge in [-0.05, 0) is 26.9 Å². The molecule has 2 heterocycles. The van der Waals surface area contributed by atoms with E-state index >= 15 is 0 Å². The molecular formula is C13H23N3O3S. The molecule has 0 N–H and O–H groups in total. The molecule has 1 aromatic rings. The van der Waals surface area contributed by atoms with Crippen LogP contribution >= 0.6 is 0 Å². The van der Waals surface area contributed by atoms with Gasteiger partial charge in [0.1, 0.15) is 15.6 Å². The van der Waals surface area contributed by atoms with Crippen LogP contribution in [0, 0.1) is 6.92 Å². The van der Waals surface area contributed by atoms with Gasteiger partial charge in [-0.3, -0.25) is 4.90 Å². The topological polar surface area (TPSA) is 66.7 Å². The Bertz CT molecular complexity index is 541. The smallest absolute Gasteiger partial charge is 0.208 e. The van der Waals surface area contributed by atoms with Gasteiger partial charge in [0, 0.05) is 25.4 Å². The maximum absolute atomic E-state index is 11.2. The average molecular weight is 301 g/mol. The van der Waals surface area contributed by atoms with E-state index in [1.807, 2.05) is 6.92 Å². The molecule has 2 rings (SSSR count). The molecule has 1 atom stereocenters. The maximum atomic E-state index is 11.2. The molecule has 0 saturated carbocycles. The summed E-state index contributed by atoms with van der Waals surface area (Å²) >= 11 is 0. The molecule has 1 aromatic heterocycles. The summed E-state index contributed by atoms with van der Waals surface area (Å²) in [5.74, 6) is 1.80. The van der Waals surface area contributed by atoms with Gasteiger partial charge in [0.2, 0.25) is 5.89 Å². The fourth-order valence-corrected chi connectivity index (χ4v) is 3.08. The molecule has 1 saturated heterocycles. The van der Waals surface area contributed by atoms with Gasteiger partial charge in [0.25, 0.3) is 0 Å². The molecule has 0 spiro atoms. The third-order valence-corrected chi connectivity index (χ3v) is 4.63. The van der Waals surface area contributed by atoms with Crippen molar-refractivity contribution in [1.82, 2.24) is 14.8 Å². The minimum atomic E-state index is -2.88. The van der Waals surface area contributed by atoms with Crippen molar-refractivity contribution in [2.45, 2.75) is 25.9 Å². The van der Waals surface area contributed by atoms with Crippen molar-refractivity contribution in [3.8, 4) is 0 Å². The van der Waals surface area contributed by atoms with Crippen LogP contribution in [0.2, 0.25) is 0 Å². The number of hydrogen-bond donors (Lipinski definition) is 0.